The van der Waals surface area contributed by atoms with E-state index in [1.54, 1.807) is 20.8 Å². The molecule has 0 amide bonds. The highest BCUT2D eigenvalue weighted by atomic mass is 16.6. The highest BCUT2D eigenvalue weighted by Gasteiger charge is 2.22. The monoisotopic (exact) mass is 234 g/mol. The molecule has 0 saturated carbocycles. The molecule has 0 aliphatic carbocycles. The van der Waals surface area contributed by atoms with Gasteiger partial charge in [-0.3, -0.25) is 4.79 Å². The molecule has 0 bridgehead atoms. The molecule has 3 heteroatoms. The minimum Gasteiger partial charge on any atom is -0.454 e. The number of hydrogen-bond acceptors (Lipinski definition) is 3. The SMILES string of the molecule is CC(C)(C)OC(=O)C(=O)CCc1ccccc1. The molecule has 0 spiro atoms. The Bertz CT molecular complexity index is 388. The van der Waals surface area contributed by atoms with E-state index in [4.69, 9.17) is 4.74 Å². The van der Waals surface area contributed by atoms with Crippen LogP contribution in [0.15, 0.2) is 30.3 Å². The van der Waals surface area contributed by atoms with Crippen molar-refractivity contribution in [1.82, 2.24) is 0 Å². The number of Topliss-reactive ketones (excluding diaryl/α,β-unsaturated/α-hetero) is 1. The van der Waals surface area contributed by atoms with Crippen LogP contribution in [-0.4, -0.2) is 17.4 Å². The van der Waals surface area contributed by atoms with Crippen LogP contribution in [0, 0.1) is 0 Å². The molecule has 0 aliphatic heterocycles. The Morgan fingerprint density at radius 1 is 1.12 bits per heavy atom. The lowest BCUT2D eigenvalue weighted by atomic mass is 10.1. The molecule has 92 valence electrons. The zero-order valence-electron chi connectivity index (χ0n) is 10.5. The fourth-order valence-corrected chi connectivity index (χ4v) is 1.34. The van der Waals surface area contributed by atoms with Crippen molar-refractivity contribution in [3.8, 4) is 0 Å². The number of ketones is 1. The molecule has 0 aromatic heterocycles. The van der Waals surface area contributed by atoms with Crippen molar-refractivity contribution in [2.45, 2.75) is 39.2 Å². The van der Waals surface area contributed by atoms with E-state index in [0.717, 1.165) is 5.56 Å². The summed E-state index contributed by atoms with van der Waals surface area (Å²) in [6, 6.07) is 9.60. The Kier molecular flexibility index (Phi) is 4.44. The topological polar surface area (TPSA) is 43.4 Å². The summed E-state index contributed by atoms with van der Waals surface area (Å²) in [4.78, 5) is 22.9. The van der Waals surface area contributed by atoms with Gasteiger partial charge in [0.1, 0.15) is 5.60 Å². The first-order valence-electron chi connectivity index (χ1n) is 5.68. The van der Waals surface area contributed by atoms with Crippen LogP contribution in [0.25, 0.3) is 0 Å². The summed E-state index contributed by atoms with van der Waals surface area (Å²) in [5, 5.41) is 0. The third kappa shape index (κ3) is 5.29. The molecule has 17 heavy (non-hydrogen) atoms. The van der Waals surface area contributed by atoms with Crippen molar-refractivity contribution in [2.75, 3.05) is 0 Å². The van der Waals surface area contributed by atoms with E-state index in [0.29, 0.717) is 6.42 Å². The van der Waals surface area contributed by atoms with Crippen LogP contribution < -0.4 is 0 Å². The molecule has 1 aromatic carbocycles. The molecule has 1 rings (SSSR count). The largest absolute Gasteiger partial charge is 0.454 e. The first-order valence-corrected chi connectivity index (χ1v) is 5.68. The fourth-order valence-electron chi connectivity index (χ4n) is 1.34. The number of aryl methyl sites for hydroxylation is 1. The van der Waals surface area contributed by atoms with Crippen LogP contribution in [-0.2, 0) is 20.7 Å². The van der Waals surface area contributed by atoms with Gasteiger partial charge in [-0.2, -0.15) is 0 Å². The Morgan fingerprint density at radius 3 is 2.24 bits per heavy atom. The zero-order valence-corrected chi connectivity index (χ0v) is 10.5. The first kappa shape index (κ1) is 13.4. The molecular formula is C14H18O3. The maximum atomic E-state index is 11.5. The summed E-state index contributed by atoms with van der Waals surface area (Å²) in [6.45, 7) is 5.24. The van der Waals surface area contributed by atoms with Crippen molar-refractivity contribution in [1.29, 1.82) is 0 Å². The Labute approximate surface area is 102 Å². The molecule has 0 radical (unpaired) electrons. The minimum atomic E-state index is -0.742. The van der Waals surface area contributed by atoms with Crippen LogP contribution in [0.1, 0.15) is 32.8 Å². The fraction of sp³-hybridized carbons (Fsp3) is 0.429. The predicted octanol–water partition coefficient (Wildman–Crippen LogP) is 2.53. The van der Waals surface area contributed by atoms with Gasteiger partial charge >= 0.3 is 5.97 Å². The summed E-state index contributed by atoms with van der Waals surface area (Å²) in [6.07, 6.45) is 0.762. The predicted molar refractivity (Wildman–Crippen MR) is 65.6 cm³/mol. The molecule has 0 aliphatic rings. The first-order chi connectivity index (χ1) is 7.88. The number of esters is 1. The highest BCUT2D eigenvalue weighted by molar-refractivity contribution is 6.33. The van der Waals surface area contributed by atoms with Gasteiger partial charge < -0.3 is 4.74 Å². The van der Waals surface area contributed by atoms with E-state index in [1.165, 1.54) is 0 Å². The van der Waals surface area contributed by atoms with E-state index in [9.17, 15) is 9.59 Å². The van der Waals surface area contributed by atoms with Crippen molar-refractivity contribution in [2.24, 2.45) is 0 Å². The maximum absolute atomic E-state index is 11.5. The molecule has 0 atom stereocenters. The smallest absolute Gasteiger partial charge is 0.375 e. The lowest BCUT2D eigenvalue weighted by molar-refractivity contribution is -0.162. The number of carbonyl (C=O) groups excluding carboxylic acids is 2. The molecule has 0 unspecified atom stereocenters. The number of hydrogen-bond donors (Lipinski definition) is 0. The average molecular weight is 234 g/mol. The third-order valence-electron chi connectivity index (χ3n) is 2.11. The standard InChI is InChI=1S/C14H18O3/c1-14(2,3)17-13(16)12(15)10-9-11-7-5-4-6-8-11/h4-8H,9-10H2,1-3H3. The summed E-state index contributed by atoms with van der Waals surface area (Å²) in [7, 11) is 0. The van der Waals surface area contributed by atoms with E-state index < -0.39 is 17.4 Å². The van der Waals surface area contributed by atoms with Crippen molar-refractivity contribution >= 4 is 11.8 Å². The lowest BCUT2D eigenvalue weighted by Gasteiger charge is -2.18. The highest BCUT2D eigenvalue weighted by Crippen LogP contribution is 2.09. The van der Waals surface area contributed by atoms with Gasteiger partial charge in [-0.05, 0) is 32.8 Å². The number of carbonyl (C=O) groups is 2. The number of benzene rings is 1. The zero-order chi connectivity index (χ0) is 12.9. The van der Waals surface area contributed by atoms with Gasteiger partial charge in [-0.1, -0.05) is 30.3 Å². The van der Waals surface area contributed by atoms with Gasteiger partial charge in [-0.15, -0.1) is 0 Å². The van der Waals surface area contributed by atoms with Crippen LogP contribution in [0.5, 0.6) is 0 Å². The lowest BCUT2D eigenvalue weighted by Crippen LogP contribution is -2.29. The van der Waals surface area contributed by atoms with Crippen LogP contribution >= 0.6 is 0 Å². The van der Waals surface area contributed by atoms with Crippen LogP contribution in [0.3, 0.4) is 0 Å². The second-order valence-electron chi connectivity index (χ2n) is 4.91. The molecule has 0 saturated heterocycles. The summed E-state index contributed by atoms with van der Waals surface area (Å²) >= 11 is 0. The second kappa shape index (κ2) is 5.62. The van der Waals surface area contributed by atoms with Gasteiger partial charge in [0.05, 0.1) is 0 Å². The normalized spacial score (nSPS) is 11.0. The summed E-state index contributed by atoms with van der Waals surface area (Å²) < 4.78 is 5.00. The molecule has 0 fully saturated rings. The van der Waals surface area contributed by atoms with E-state index in [1.807, 2.05) is 30.3 Å². The van der Waals surface area contributed by atoms with Crippen molar-refractivity contribution in [3.63, 3.8) is 0 Å². The Hall–Kier alpha value is -1.64. The molecule has 0 N–H and O–H groups in total. The van der Waals surface area contributed by atoms with Gasteiger partial charge in [0.25, 0.3) is 0 Å². The summed E-state index contributed by atoms with van der Waals surface area (Å²) in [5.41, 5.74) is 0.434. The third-order valence-corrected chi connectivity index (χ3v) is 2.11. The van der Waals surface area contributed by atoms with Gasteiger partial charge in [0.15, 0.2) is 0 Å². The second-order valence-corrected chi connectivity index (χ2v) is 4.91. The molecular weight excluding hydrogens is 216 g/mol. The minimum absolute atomic E-state index is 0.193. The average Bonchev–Trinajstić information content (AvgIpc) is 2.25. The quantitative estimate of drug-likeness (QED) is 0.594. The summed E-state index contributed by atoms with van der Waals surface area (Å²) in [5.74, 6) is -1.21. The number of ether oxygens (including phenoxy) is 1. The number of rotatable bonds is 4. The Balaban J connectivity index is 2.43. The maximum Gasteiger partial charge on any atom is 0.375 e. The van der Waals surface area contributed by atoms with Gasteiger partial charge in [-0.25, -0.2) is 4.79 Å². The van der Waals surface area contributed by atoms with Crippen molar-refractivity contribution in [3.05, 3.63) is 35.9 Å². The Morgan fingerprint density at radius 2 is 1.71 bits per heavy atom. The van der Waals surface area contributed by atoms with E-state index in [2.05, 4.69) is 0 Å². The van der Waals surface area contributed by atoms with E-state index >= 15 is 0 Å². The van der Waals surface area contributed by atoms with Crippen LogP contribution in [0.2, 0.25) is 0 Å². The van der Waals surface area contributed by atoms with Gasteiger partial charge in [0.2, 0.25) is 5.78 Å². The molecule has 0 heterocycles. The van der Waals surface area contributed by atoms with E-state index in [-0.39, 0.29) is 6.42 Å². The van der Waals surface area contributed by atoms with Crippen molar-refractivity contribution < 1.29 is 14.3 Å². The molecule has 3 nitrogen and oxygen atoms in total. The van der Waals surface area contributed by atoms with Crippen LogP contribution in [0.4, 0.5) is 0 Å². The van der Waals surface area contributed by atoms with Gasteiger partial charge in [0, 0.05) is 6.42 Å². The molecule has 1 aromatic rings.